The van der Waals surface area contributed by atoms with Crippen LogP contribution in [-0.2, 0) is 23.4 Å². The highest BCUT2D eigenvalue weighted by molar-refractivity contribution is 6.73. The Morgan fingerprint density at radius 3 is 2.32 bits per heavy atom. The van der Waals surface area contributed by atoms with Gasteiger partial charge in [0.05, 0.1) is 0 Å². The van der Waals surface area contributed by atoms with Crippen LogP contribution >= 0.6 is 0 Å². The molecule has 31 heavy (non-hydrogen) atoms. The molecule has 2 saturated heterocycles. The SMILES string of the molecule is C#CC(CCC=C)(O[Si](CC)(CC)CC)[C@@H]1O[C@@H]2OC(C)(C)O[C@@H]2[C@]1(C/C=C\C)OC. The maximum absolute atomic E-state index is 7.08. The Labute approximate surface area is 190 Å². The summed E-state index contributed by atoms with van der Waals surface area (Å²) in [6.07, 6.45) is 12.7. The van der Waals surface area contributed by atoms with Gasteiger partial charge >= 0.3 is 0 Å². The molecule has 0 aromatic rings. The second-order valence-corrected chi connectivity index (χ2v) is 13.8. The van der Waals surface area contributed by atoms with Gasteiger partial charge in [-0.15, -0.1) is 13.0 Å². The van der Waals surface area contributed by atoms with Gasteiger partial charge in [-0.05, 0) is 58.2 Å². The largest absolute Gasteiger partial charge is 0.399 e. The van der Waals surface area contributed by atoms with Crippen molar-refractivity contribution in [1.82, 2.24) is 0 Å². The first-order valence-electron chi connectivity index (χ1n) is 11.6. The molecule has 2 heterocycles. The lowest BCUT2D eigenvalue weighted by Gasteiger charge is -2.48. The Balaban J connectivity index is 2.61. The predicted molar refractivity (Wildman–Crippen MR) is 127 cm³/mol. The zero-order valence-electron chi connectivity index (χ0n) is 20.5. The Kier molecular flexibility index (Phi) is 8.77. The Bertz CT molecular complexity index is 672. The summed E-state index contributed by atoms with van der Waals surface area (Å²) in [6.45, 7) is 16.3. The number of hydrogen-bond acceptors (Lipinski definition) is 5. The molecule has 1 unspecified atom stereocenters. The maximum atomic E-state index is 7.08. The van der Waals surface area contributed by atoms with E-state index in [9.17, 15) is 0 Å². The molecular formula is C25H42O5Si. The van der Waals surface area contributed by atoms with E-state index in [1.165, 1.54) is 0 Å². The number of fused-ring (bicyclic) bond motifs is 1. The normalized spacial score (nSPS) is 32.0. The van der Waals surface area contributed by atoms with Crippen LogP contribution in [0.4, 0.5) is 0 Å². The summed E-state index contributed by atoms with van der Waals surface area (Å²) >= 11 is 0. The lowest BCUT2D eigenvalue weighted by Crippen LogP contribution is -2.63. The minimum Gasteiger partial charge on any atom is -0.399 e. The summed E-state index contributed by atoms with van der Waals surface area (Å²) in [6, 6.07) is 2.98. The van der Waals surface area contributed by atoms with E-state index in [-0.39, 0.29) is 0 Å². The molecule has 0 spiro atoms. The average molecular weight is 451 g/mol. The fraction of sp³-hybridized carbons (Fsp3) is 0.760. The number of hydrogen-bond donors (Lipinski definition) is 0. The van der Waals surface area contributed by atoms with E-state index in [1.807, 2.05) is 32.9 Å². The molecule has 0 bridgehead atoms. The Morgan fingerprint density at radius 2 is 1.84 bits per heavy atom. The van der Waals surface area contributed by atoms with Crippen molar-refractivity contribution in [3.63, 3.8) is 0 Å². The Hall–Kier alpha value is -0.943. The van der Waals surface area contributed by atoms with Gasteiger partial charge in [0.25, 0.3) is 0 Å². The van der Waals surface area contributed by atoms with Crippen LogP contribution in [0.25, 0.3) is 0 Å². The molecule has 5 nitrogen and oxygen atoms in total. The van der Waals surface area contributed by atoms with Crippen LogP contribution in [0.2, 0.25) is 18.1 Å². The molecule has 176 valence electrons. The number of methoxy groups -OCH3 is 1. The van der Waals surface area contributed by atoms with Crippen LogP contribution in [0.5, 0.6) is 0 Å². The smallest absolute Gasteiger partial charge is 0.194 e. The van der Waals surface area contributed by atoms with Crippen LogP contribution in [-0.4, -0.2) is 50.9 Å². The lowest BCUT2D eigenvalue weighted by molar-refractivity contribution is -0.252. The molecule has 2 aliphatic heterocycles. The van der Waals surface area contributed by atoms with Crippen molar-refractivity contribution < 1.29 is 23.4 Å². The van der Waals surface area contributed by atoms with E-state index in [1.54, 1.807) is 7.11 Å². The number of allylic oxidation sites excluding steroid dienone is 2. The Morgan fingerprint density at radius 1 is 1.19 bits per heavy atom. The summed E-state index contributed by atoms with van der Waals surface area (Å²) in [4.78, 5) is 0. The third-order valence-electron chi connectivity index (χ3n) is 7.03. The van der Waals surface area contributed by atoms with Crippen LogP contribution in [0, 0.1) is 12.3 Å². The van der Waals surface area contributed by atoms with E-state index >= 15 is 0 Å². The second kappa shape index (κ2) is 10.3. The maximum Gasteiger partial charge on any atom is 0.194 e. The van der Waals surface area contributed by atoms with Crippen molar-refractivity contribution >= 4 is 8.32 Å². The van der Waals surface area contributed by atoms with Crippen molar-refractivity contribution in [2.24, 2.45) is 0 Å². The van der Waals surface area contributed by atoms with E-state index < -0.39 is 43.8 Å². The number of terminal acetylenes is 1. The first-order valence-corrected chi connectivity index (χ1v) is 14.2. The molecule has 0 saturated carbocycles. The number of ether oxygens (including phenoxy) is 4. The van der Waals surface area contributed by atoms with Crippen molar-refractivity contribution in [1.29, 1.82) is 0 Å². The minimum atomic E-state index is -2.07. The van der Waals surface area contributed by atoms with Gasteiger partial charge in [0.1, 0.15) is 23.4 Å². The third-order valence-corrected chi connectivity index (χ3v) is 11.7. The monoisotopic (exact) mass is 450 g/mol. The van der Waals surface area contributed by atoms with Crippen molar-refractivity contribution in [3.8, 4) is 12.3 Å². The van der Waals surface area contributed by atoms with Gasteiger partial charge in [0.2, 0.25) is 0 Å². The van der Waals surface area contributed by atoms with E-state index in [0.717, 1.165) is 24.6 Å². The molecule has 2 rings (SSSR count). The molecule has 0 amide bonds. The van der Waals surface area contributed by atoms with Gasteiger partial charge in [-0.25, -0.2) is 0 Å². The molecule has 0 radical (unpaired) electrons. The van der Waals surface area contributed by atoms with Crippen molar-refractivity contribution in [2.75, 3.05) is 7.11 Å². The molecule has 0 aromatic heterocycles. The van der Waals surface area contributed by atoms with Gasteiger partial charge in [0, 0.05) is 7.11 Å². The summed E-state index contributed by atoms with van der Waals surface area (Å²) in [5.74, 6) is 2.30. The quantitative estimate of drug-likeness (QED) is 0.221. The lowest BCUT2D eigenvalue weighted by atomic mass is 9.77. The van der Waals surface area contributed by atoms with Gasteiger partial charge in [-0.2, -0.15) is 0 Å². The summed E-state index contributed by atoms with van der Waals surface area (Å²) in [5.41, 5.74) is -1.78. The number of rotatable bonds is 12. The molecule has 2 aliphatic rings. The van der Waals surface area contributed by atoms with Crippen LogP contribution in [0.3, 0.4) is 0 Å². The van der Waals surface area contributed by atoms with Crippen molar-refractivity contribution in [2.45, 2.75) is 114 Å². The highest BCUT2D eigenvalue weighted by Crippen LogP contribution is 2.52. The minimum absolute atomic E-state index is 0.408. The molecule has 2 fully saturated rings. The highest BCUT2D eigenvalue weighted by Gasteiger charge is 2.69. The molecule has 0 aromatic carbocycles. The van der Waals surface area contributed by atoms with E-state index in [0.29, 0.717) is 12.8 Å². The molecule has 6 heteroatoms. The zero-order chi connectivity index (χ0) is 23.3. The first kappa shape index (κ1) is 26.3. The third kappa shape index (κ3) is 4.87. The molecule has 0 aliphatic carbocycles. The first-order chi connectivity index (χ1) is 14.7. The van der Waals surface area contributed by atoms with Crippen molar-refractivity contribution in [3.05, 3.63) is 24.8 Å². The van der Waals surface area contributed by atoms with E-state index in [2.05, 4.69) is 39.3 Å². The summed E-state index contributed by atoms with van der Waals surface area (Å²) in [7, 11) is -0.370. The molecular weight excluding hydrogens is 408 g/mol. The van der Waals surface area contributed by atoms with Gasteiger partial charge < -0.3 is 23.4 Å². The summed E-state index contributed by atoms with van der Waals surface area (Å²) < 4.78 is 32.3. The fourth-order valence-electron chi connectivity index (χ4n) is 4.98. The zero-order valence-corrected chi connectivity index (χ0v) is 21.5. The predicted octanol–water partition coefficient (Wildman–Crippen LogP) is 5.57. The topological polar surface area (TPSA) is 46.2 Å². The van der Waals surface area contributed by atoms with Crippen LogP contribution in [0.1, 0.15) is 60.8 Å². The summed E-state index contributed by atoms with van der Waals surface area (Å²) in [5, 5.41) is 0. The van der Waals surface area contributed by atoms with E-state index in [4.69, 9.17) is 29.8 Å². The average Bonchev–Trinajstić information content (AvgIpc) is 3.24. The molecule has 0 N–H and O–H groups in total. The highest BCUT2D eigenvalue weighted by atomic mass is 28.4. The second-order valence-electron chi connectivity index (χ2n) is 9.08. The molecule has 5 atom stereocenters. The van der Waals surface area contributed by atoms with Gasteiger partial charge in [-0.3, -0.25) is 0 Å². The van der Waals surface area contributed by atoms with Gasteiger partial charge in [-0.1, -0.05) is 44.9 Å². The van der Waals surface area contributed by atoms with Gasteiger partial charge in [0.15, 0.2) is 20.4 Å². The van der Waals surface area contributed by atoms with Crippen LogP contribution < -0.4 is 0 Å². The standard InChI is InChI=1S/C25H42O5Si/c1-10-16-18-24(12-3,30-31(13-4,14-5)15-6)22-25(26-9,19-17-11-2)20-21(27-22)29-23(7,8)28-20/h3,10-11,17,20-22H,1,13-16,18-19H2,2,4-9H3/b17-11-/t20-,21+,22-,24?,25-/m0/s1. The van der Waals surface area contributed by atoms with Crippen LogP contribution in [0.15, 0.2) is 24.8 Å². The fourth-order valence-corrected chi connectivity index (χ4v) is 7.95.